The van der Waals surface area contributed by atoms with E-state index < -0.39 is 0 Å². The van der Waals surface area contributed by atoms with Gasteiger partial charge < -0.3 is 9.94 Å². The van der Waals surface area contributed by atoms with Crippen molar-refractivity contribution >= 4 is 5.71 Å². The van der Waals surface area contributed by atoms with Crippen LogP contribution in [0.4, 0.5) is 0 Å². The van der Waals surface area contributed by atoms with Gasteiger partial charge in [0.25, 0.3) is 0 Å². The molecule has 0 saturated carbocycles. The van der Waals surface area contributed by atoms with E-state index in [2.05, 4.69) is 15.2 Å². The second-order valence-corrected chi connectivity index (χ2v) is 4.58. The molecule has 3 aromatic rings. The number of aromatic nitrogens is 3. The maximum atomic E-state index is 9.18. The molecule has 0 aliphatic carbocycles. The molecule has 0 aliphatic heterocycles. The van der Waals surface area contributed by atoms with Crippen LogP contribution in [0, 0.1) is 0 Å². The molecule has 6 heteroatoms. The molecule has 3 rings (SSSR count). The number of oxime groups is 1. The summed E-state index contributed by atoms with van der Waals surface area (Å²) in [4.78, 5) is 3.86. The maximum Gasteiger partial charge on any atom is 0.137 e. The fourth-order valence-corrected chi connectivity index (χ4v) is 1.99. The first kappa shape index (κ1) is 13.8. The summed E-state index contributed by atoms with van der Waals surface area (Å²) in [5.74, 6) is 1.49. The average Bonchev–Trinajstić information content (AvgIpc) is 3.08. The zero-order valence-electron chi connectivity index (χ0n) is 11.7. The van der Waals surface area contributed by atoms with Crippen LogP contribution in [-0.4, -0.2) is 25.7 Å². The van der Waals surface area contributed by atoms with E-state index in [1.165, 1.54) is 6.33 Å². The summed E-state index contributed by atoms with van der Waals surface area (Å²) < 4.78 is 7.31. The van der Waals surface area contributed by atoms with Gasteiger partial charge in [-0.3, -0.25) is 0 Å². The molecule has 2 aromatic carbocycles. The number of hydrogen-bond acceptors (Lipinski definition) is 5. The quantitative estimate of drug-likeness (QED) is 0.446. The molecule has 0 radical (unpaired) electrons. The molecule has 0 aliphatic rings. The highest BCUT2D eigenvalue weighted by Gasteiger charge is 2.07. The van der Waals surface area contributed by atoms with E-state index in [0.717, 1.165) is 11.3 Å². The van der Waals surface area contributed by atoms with Crippen molar-refractivity contribution in [2.45, 2.75) is 6.54 Å². The third kappa shape index (κ3) is 3.29. The van der Waals surface area contributed by atoms with Crippen molar-refractivity contribution in [1.29, 1.82) is 0 Å². The van der Waals surface area contributed by atoms with Crippen LogP contribution in [0.5, 0.6) is 11.5 Å². The molecule has 0 atom stereocenters. The van der Waals surface area contributed by atoms with Gasteiger partial charge in [0.05, 0.1) is 6.54 Å². The summed E-state index contributed by atoms with van der Waals surface area (Å²) in [6.45, 7) is 0.343. The lowest BCUT2D eigenvalue weighted by atomic mass is 10.1. The lowest BCUT2D eigenvalue weighted by Crippen LogP contribution is -2.12. The Morgan fingerprint density at radius 3 is 2.41 bits per heavy atom. The van der Waals surface area contributed by atoms with Crippen LogP contribution in [0.1, 0.15) is 5.56 Å². The molecule has 0 saturated heterocycles. The van der Waals surface area contributed by atoms with Crippen LogP contribution in [-0.2, 0) is 6.54 Å². The van der Waals surface area contributed by atoms with Gasteiger partial charge in [0, 0.05) is 5.56 Å². The van der Waals surface area contributed by atoms with Gasteiger partial charge in [-0.05, 0) is 36.4 Å². The van der Waals surface area contributed by atoms with Crippen molar-refractivity contribution in [2.75, 3.05) is 0 Å². The van der Waals surface area contributed by atoms with Crippen molar-refractivity contribution in [3.63, 3.8) is 0 Å². The highest BCUT2D eigenvalue weighted by atomic mass is 16.5. The first-order valence-corrected chi connectivity index (χ1v) is 6.72. The van der Waals surface area contributed by atoms with Gasteiger partial charge >= 0.3 is 0 Å². The minimum atomic E-state index is 0.343. The van der Waals surface area contributed by atoms with Crippen molar-refractivity contribution in [1.82, 2.24) is 14.8 Å². The number of nitrogens with zero attached hydrogens (tertiary/aromatic N) is 4. The zero-order chi connectivity index (χ0) is 15.2. The first-order chi connectivity index (χ1) is 10.8. The molecule has 0 fully saturated rings. The van der Waals surface area contributed by atoms with Gasteiger partial charge in [-0.1, -0.05) is 23.4 Å². The highest BCUT2D eigenvalue weighted by molar-refractivity contribution is 6.00. The third-order valence-corrected chi connectivity index (χ3v) is 3.07. The second kappa shape index (κ2) is 6.53. The Kier molecular flexibility index (Phi) is 4.10. The second-order valence-electron chi connectivity index (χ2n) is 4.58. The predicted molar refractivity (Wildman–Crippen MR) is 81.3 cm³/mol. The predicted octanol–water partition coefficient (Wildman–Crippen LogP) is 2.95. The Bertz CT molecular complexity index is 738. The average molecular weight is 294 g/mol. The lowest BCUT2D eigenvalue weighted by molar-refractivity contribution is 0.317. The smallest absolute Gasteiger partial charge is 0.137 e. The zero-order valence-corrected chi connectivity index (χ0v) is 11.7. The van der Waals surface area contributed by atoms with E-state index in [1.54, 1.807) is 11.0 Å². The molecule has 1 heterocycles. The summed E-state index contributed by atoms with van der Waals surface area (Å²) >= 11 is 0. The summed E-state index contributed by atoms with van der Waals surface area (Å²) in [5, 5.41) is 16.5. The van der Waals surface area contributed by atoms with Crippen LogP contribution in [0.2, 0.25) is 0 Å². The molecule has 0 spiro atoms. The molecule has 1 N–H and O–H groups in total. The van der Waals surface area contributed by atoms with Gasteiger partial charge in [-0.25, -0.2) is 9.67 Å². The van der Waals surface area contributed by atoms with E-state index in [0.29, 0.717) is 18.0 Å². The van der Waals surface area contributed by atoms with Gasteiger partial charge in [0.15, 0.2) is 0 Å². The minimum Gasteiger partial charge on any atom is -0.457 e. The molecule has 0 amide bonds. The Balaban J connectivity index is 1.73. The van der Waals surface area contributed by atoms with Crippen LogP contribution in [0.3, 0.4) is 0 Å². The molecular formula is C16H14N4O2. The normalized spacial score (nSPS) is 11.4. The van der Waals surface area contributed by atoms with Gasteiger partial charge in [0.2, 0.25) is 0 Å². The van der Waals surface area contributed by atoms with Crippen molar-refractivity contribution in [2.24, 2.45) is 5.16 Å². The standard InChI is InChI=1S/C16H14N4O2/c21-19-16(10-20-12-17-11-18-20)13-6-8-15(9-7-13)22-14-4-2-1-3-5-14/h1-9,11-12,21H,10H2/b19-16+. The summed E-state index contributed by atoms with van der Waals surface area (Å²) in [6.07, 6.45) is 3.00. The minimum absolute atomic E-state index is 0.343. The number of para-hydroxylation sites is 1. The van der Waals surface area contributed by atoms with Crippen molar-refractivity contribution in [3.05, 3.63) is 72.8 Å². The SMILES string of the molecule is O/N=C(\Cn1cncn1)c1ccc(Oc2ccccc2)cc1. The fraction of sp³-hybridized carbons (Fsp3) is 0.0625. The van der Waals surface area contributed by atoms with Crippen LogP contribution < -0.4 is 4.74 Å². The van der Waals surface area contributed by atoms with Gasteiger partial charge in [-0.2, -0.15) is 5.10 Å². The van der Waals surface area contributed by atoms with Gasteiger partial charge in [0.1, 0.15) is 29.9 Å². The number of ether oxygens (including phenoxy) is 1. The molecular weight excluding hydrogens is 280 g/mol. The third-order valence-electron chi connectivity index (χ3n) is 3.07. The molecule has 1 aromatic heterocycles. The Morgan fingerprint density at radius 2 is 1.77 bits per heavy atom. The van der Waals surface area contributed by atoms with Gasteiger partial charge in [-0.15, -0.1) is 0 Å². The van der Waals surface area contributed by atoms with Crippen LogP contribution >= 0.6 is 0 Å². The topological polar surface area (TPSA) is 72.5 Å². The highest BCUT2D eigenvalue weighted by Crippen LogP contribution is 2.21. The van der Waals surface area contributed by atoms with Crippen LogP contribution in [0.25, 0.3) is 0 Å². The monoisotopic (exact) mass is 294 g/mol. The maximum absolute atomic E-state index is 9.18. The van der Waals surface area contributed by atoms with E-state index in [1.807, 2.05) is 54.6 Å². The number of benzene rings is 2. The van der Waals surface area contributed by atoms with E-state index in [-0.39, 0.29) is 0 Å². The van der Waals surface area contributed by atoms with E-state index in [9.17, 15) is 5.21 Å². The van der Waals surface area contributed by atoms with Crippen molar-refractivity contribution in [3.8, 4) is 11.5 Å². The Hall–Kier alpha value is -3.15. The first-order valence-electron chi connectivity index (χ1n) is 6.72. The molecule has 0 unspecified atom stereocenters. The van der Waals surface area contributed by atoms with Crippen LogP contribution in [0.15, 0.2) is 72.4 Å². The Morgan fingerprint density at radius 1 is 1.05 bits per heavy atom. The van der Waals surface area contributed by atoms with E-state index in [4.69, 9.17) is 4.74 Å². The molecule has 0 bridgehead atoms. The fourth-order valence-electron chi connectivity index (χ4n) is 1.99. The lowest BCUT2D eigenvalue weighted by Gasteiger charge is -2.08. The summed E-state index contributed by atoms with van der Waals surface area (Å²) in [6, 6.07) is 16.9. The Labute approximate surface area is 127 Å². The number of rotatable bonds is 5. The molecule has 22 heavy (non-hydrogen) atoms. The summed E-state index contributed by atoms with van der Waals surface area (Å²) in [7, 11) is 0. The molecule has 6 nitrogen and oxygen atoms in total. The largest absolute Gasteiger partial charge is 0.457 e. The number of hydrogen-bond donors (Lipinski definition) is 1. The summed E-state index contributed by atoms with van der Waals surface area (Å²) in [5.41, 5.74) is 1.29. The van der Waals surface area contributed by atoms with E-state index >= 15 is 0 Å². The molecule has 110 valence electrons. The van der Waals surface area contributed by atoms with Crippen molar-refractivity contribution < 1.29 is 9.94 Å².